The van der Waals surface area contributed by atoms with Crippen LogP contribution in [0.15, 0.2) is 12.1 Å². The van der Waals surface area contributed by atoms with Crippen LogP contribution < -0.4 is 0 Å². The molecule has 0 aliphatic carbocycles. The van der Waals surface area contributed by atoms with Gasteiger partial charge in [0.2, 0.25) is 0 Å². The Morgan fingerprint density at radius 1 is 0.778 bits per heavy atom. The Bertz CT molecular complexity index is 496. The second-order valence-electron chi connectivity index (χ2n) is 6.52. The molecule has 27 heavy (non-hydrogen) atoms. The van der Waals surface area contributed by atoms with Crippen molar-refractivity contribution in [2.45, 2.75) is 84.7 Å². The van der Waals surface area contributed by atoms with Crippen molar-refractivity contribution in [2.75, 3.05) is 13.2 Å². The Balaban J connectivity index is 2.77. The summed E-state index contributed by atoms with van der Waals surface area (Å²) in [4.78, 5) is 0. The lowest BCUT2D eigenvalue weighted by Gasteiger charge is -2.25. The summed E-state index contributed by atoms with van der Waals surface area (Å²) in [6.07, 6.45) is 7.04. The predicted molar refractivity (Wildman–Crippen MR) is 99.8 cm³/mol. The van der Waals surface area contributed by atoms with Crippen LogP contribution in [0.1, 0.15) is 83.8 Å². The average molecular weight is 390 g/mol. The number of hydrogen-bond acceptors (Lipinski definition) is 3. The van der Waals surface area contributed by atoms with E-state index >= 15 is 0 Å². The van der Waals surface area contributed by atoms with Gasteiger partial charge in [-0.25, -0.2) is 13.2 Å². The first-order valence-electron chi connectivity index (χ1n) is 10.1. The molecule has 0 heterocycles. The van der Waals surface area contributed by atoms with Crippen molar-refractivity contribution in [3.05, 3.63) is 35.1 Å². The number of halogens is 3. The van der Waals surface area contributed by atoms with Crippen LogP contribution in [0.2, 0.25) is 0 Å². The summed E-state index contributed by atoms with van der Waals surface area (Å²) in [5, 5.41) is 0. The SMILES string of the molecule is CCCCCCCCCC(OC(OCC)OCC)c1c(F)cc(F)cc1F. The van der Waals surface area contributed by atoms with Crippen LogP contribution in [-0.2, 0) is 14.2 Å². The Hall–Kier alpha value is -1.11. The third kappa shape index (κ3) is 9.08. The molecule has 0 aliphatic rings. The number of hydrogen-bond donors (Lipinski definition) is 0. The zero-order valence-electron chi connectivity index (χ0n) is 16.7. The lowest BCUT2D eigenvalue weighted by molar-refractivity contribution is -0.304. The van der Waals surface area contributed by atoms with Crippen LogP contribution in [0.3, 0.4) is 0 Å². The molecule has 0 fully saturated rings. The summed E-state index contributed by atoms with van der Waals surface area (Å²) in [6, 6.07) is 1.35. The molecule has 3 nitrogen and oxygen atoms in total. The van der Waals surface area contributed by atoms with Crippen molar-refractivity contribution < 1.29 is 27.4 Å². The fourth-order valence-corrected chi connectivity index (χ4v) is 2.96. The van der Waals surface area contributed by atoms with Gasteiger partial charge in [0.1, 0.15) is 17.5 Å². The summed E-state index contributed by atoms with van der Waals surface area (Å²) < 4.78 is 58.2. The Morgan fingerprint density at radius 3 is 1.81 bits per heavy atom. The van der Waals surface area contributed by atoms with E-state index in [-0.39, 0.29) is 5.56 Å². The van der Waals surface area contributed by atoms with Crippen LogP contribution in [0, 0.1) is 17.5 Å². The minimum atomic E-state index is -1.02. The average Bonchev–Trinajstić information content (AvgIpc) is 2.60. The fourth-order valence-electron chi connectivity index (χ4n) is 2.96. The second-order valence-corrected chi connectivity index (χ2v) is 6.52. The Morgan fingerprint density at radius 2 is 1.30 bits per heavy atom. The van der Waals surface area contributed by atoms with Crippen LogP contribution in [0.5, 0.6) is 0 Å². The maximum atomic E-state index is 14.3. The van der Waals surface area contributed by atoms with E-state index in [4.69, 9.17) is 14.2 Å². The zero-order chi connectivity index (χ0) is 20.1. The summed E-state index contributed by atoms with van der Waals surface area (Å²) in [5.74, 6) is -2.85. The van der Waals surface area contributed by atoms with Gasteiger partial charge in [-0.2, -0.15) is 0 Å². The normalized spacial score (nSPS) is 12.7. The molecule has 0 saturated heterocycles. The van der Waals surface area contributed by atoms with Gasteiger partial charge in [0.25, 0.3) is 6.48 Å². The molecule has 0 N–H and O–H groups in total. The molecule has 0 amide bonds. The highest BCUT2D eigenvalue weighted by molar-refractivity contribution is 5.23. The Kier molecular flexibility index (Phi) is 12.4. The van der Waals surface area contributed by atoms with Crippen LogP contribution in [0.4, 0.5) is 13.2 Å². The topological polar surface area (TPSA) is 27.7 Å². The summed E-state index contributed by atoms with van der Waals surface area (Å²) in [6.45, 7) is 5.38. The molecule has 1 unspecified atom stereocenters. The molecular formula is C21H33F3O3. The largest absolute Gasteiger partial charge is 0.330 e. The molecule has 6 heteroatoms. The number of unbranched alkanes of at least 4 members (excludes halogenated alkanes) is 6. The predicted octanol–water partition coefficient (Wildman–Crippen LogP) is 6.66. The van der Waals surface area contributed by atoms with E-state index in [1.54, 1.807) is 13.8 Å². The van der Waals surface area contributed by atoms with E-state index < -0.39 is 30.0 Å². The first-order chi connectivity index (χ1) is 13.0. The van der Waals surface area contributed by atoms with Gasteiger partial charge in [-0.15, -0.1) is 0 Å². The molecule has 1 aromatic rings. The molecule has 0 spiro atoms. The van der Waals surface area contributed by atoms with Gasteiger partial charge in [0.05, 0.1) is 11.7 Å². The number of rotatable bonds is 15. The number of ether oxygens (including phenoxy) is 3. The van der Waals surface area contributed by atoms with Crippen LogP contribution >= 0.6 is 0 Å². The molecule has 0 aromatic heterocycles. The lowest BCUT2D eigenvalue weighted by atomic mass is 10.0. The first kappa shape index (κ1) is 23.9. The van der Waals surface area contributed by atoms with E-state index in [0.717, 1.165) is 25.7 Å². The van der Waals surface area contributed by atoms with Crippen molar-refractivity contribution in [3.8, 4) is 0 Å². The maximum Gasteiger partial charge on any atom is 0.272 e. The minimum absolute atomic E-state index is 0.271. The smallest absolute Gasteiger partial charge is 0.272 e. The Labute approximate surface area is 161 Å². The molecule has 0 bridgehead atoms. The summed E-state index contributed by atoms with van der Waals surface area (Å²) in [5.41, 5.74) is -0.271. The van der Waals surface area contributed by atoms with E-state index in [1.807, 2.05) is 0 Å². The van der Waals surface area contributed by atoms with Gasteiger partial charge < -0.3 is 14.2 Å². The van der Waals surface area contributed by atoms with Gasteiger partial charge in [-0.1, -0.05) is 51.9 Å². The molecule has 0 radical (unpaired) electrons. The fraction of sp³-hybridized carbons (Fsp3) is 0.714. The lowest BCUT2D eigenvalue weighted by Crippen LogP contribution is -2.25. The van der Waals surface area contributed by atoms with Crippen LogP contribution in [0.25, 0.3) is 0 Å². The zero-order valence-corrected chi connectivity index (χ0v) is 16.7. The highest BCUT2D eigenvalue weighted by Crippen LogP contribution is 2.31. The highest BCUT2D eigenvalue weighted by Gasteiger charge is 2.25. The van der Waals surface area contributed by atoms with E-state index in [9.17, 15) is 13.2 Å². The van der Waals surface area contributed by atoms with Gasteiger partial charge in [-0.05, 0) is 20.3 Å². The summed E-state index contributed by atoms with van der Waals surface area (Å²) >= 11 is 0. The van der Waals surface area contributed by atoms with Gasteiger partial charge in [-0.3, -0.25) is 0 Å². The van der Waals surface area contributed by atoms with Gasteiger partial charge >= 0.3 is 0 Å². The third-order valence-corrected chi connectivity index (χ3v) is 4.32. The second kappa shape index (κ2) is 14.0. The molecule has 0 saturated carbocycles. The maximum absolute atomic E-state index is 14.3. The van der Waals surface area contributed by atoms with Gasteiger partial charge in [0.15, 0.2) is 0 Å². The van der Waals surface area contributed by atoms with E-state index in [2.05, 4.69) is 6.92 Å². The number of benzene rings is 1. The van der Waals surface area contributed by atoms with Gasteiger partial charge in [0, 0.05) is 25.3 Å². The summed E-state index contributed by atoms with van der Waals surface area (Å²) in [7, 11) is 0. The van der Waals surface area contributed by atoms with Crippen molar-refractivity contribution >= 4 is 0 Å². The molecule has 156 valence electrons. The highest BCUT2D eigenvalue weighted by atomic mass is 19.1. The molecule has 1 aromatic carbocycles. The molecule has 0 aliphatic heterocycles. The first-order valence-corrected chi connectivity index (χ1v) is 10.1. The third-order valence-electron chi connectivity index (χ3n) is 4.32. The van der Waals surface area contributed by atoms with E-state index in [1.165, 1.54) is 19.3 Å². The molecule has 1 rings (SSSR count). The van der Waals surface area contributed by atoms with E-state index in [0.29, 0.717) is 31.8 Å². The van der Waals surface area contributed by atoms with Crippen molar-refractivity contribution in [2.24, 2.45) is 0 Å². The molecular weight excluding hydrogens is 357 g/mol. The standard InChI is InChI=1S/C21H33F3O3/c1-4-7-8-9-10-11-12-13-19(27-21(25-5-2)26-6-3)20-17(23)14-16(22)15-18(20)24/h14-15,19,21H,4-13H2,1-3H3. The quantitative estimate of drug-likeness (QED) is 0.248. The van der Waals surface area contributed by atoms with Crippen molar-refractivity contribution in [1.29, 1.82) is 0 Å². The monoisotopic (exact) mass is 390 g/mol. The van der Waals surface area contributed by atoms with Crippen molar-refractivity contribution in [3.63, 3.8) is 0 Å². The molecule has 1 atom stereocenters. The minimum Gasteiger partial charge on any atom is -0.330 e. The van der Waals surface area contributed by atoms with Crippen molar-refractivity contribution in [1.82, 2.24) is 0 Å². The van der Waals surface area contributed by atoms with Crippen LogP contribution in [-0.4, -0.2) is 19.7 Å².